The van der Waals surface area contributed by atoms with E-state index in [1.165, 1.54) is 11.8 Å². The lowest BCUT2D eigenvalue weighted by Crippen LogP contribution is -2.16. The lowest BCUT2D eigenvalue weighted by atomic mass is 10.2. The number of hydrogen-bond acceptors (Lipinski definition) is 5. The number of amides is 1. The van der Waals surface area contributed by atoms with Crippen molar-refractivity contribution in [1.29, 1.82) is 0 Å². The van der Waals surface area contributed by atoms with E-state index in [2.05, 4.69) is 31.4 Å². The number of nitrogens with zero attached hydrogens (tertiary/aromatic N) is 3. The highest BCUT2D eigenvalue weighted by Gasteiger charge is 2.16. The molecule has 0 bridgehead atoms. The van der Waals surface area contributed by atoms with Crippen LogP contribution < -0.4 is 10.1 Å². The fraction of sp³-hybridized carbons (Fsp3) is 0.250. The van der Waals surface area contributed by atoms with Crippen LogP contribution in [0, 0.1) is 18.6 Å². The molecule has 10 heteroatoms. The highest BCUT2D eigenvalue weighted by Crippen LogP contribution is 2.27. The van der Waals surface area contributed by atoms with Gasteiger partial charge in [-0.2, -0.15) is 0 Å². The summed E-state index contributed by atoms with van der Waals surface area (Å²) in [7, 11) is 0. The second-order valence-electron chi connectivity index (χ2n) is 6.33. The van der Waals surface area contributed by atoms with Crippen molar-refractivity contribution in [1.82, 2.24) is 14.8 Å². The van der Waals surface area contributed by atoms with Crippen LogP contribution in [-0.2, 0) is 17.9 Å². The Balaban J connectivity index is 1.61. The molecule has 158 valence electrons. The standard InChI is InChI=1S/C20H19BrF2N4O2S/c1-3-27-17(10-29-14-6-4-5-12(2)7-14)25-26-20(27)30-11-18(28)24-19-15(21)8-13(22)9-16(19)23/h4-9H,3,10-11H2,1-2H3,(H,24,28). The molecule has 0 radical (unpaired) electrons. The molecule has 0 unspecified atom stereocenters. The van der Waals surface area contributed by atoms with Gasteiger partial charge in [-0.3, -0.25) is 4.79 Å². The van der Waals surface area contributed by atoms with Crippen molar-refractivity contribution < 1.29 is 18.3 Å². The zero-order chi connectivity index (χ0) is 21.7. The van der Waals surface area contributed by atoms with Gasteiger partial charge in [0.05, 0.1) is 11.4 Å². The Kier molecular flexibility index (Phi) is 7.43. The van der Waals surface area contributed by atoms with Crippen molar-refractivity contribution in [3.8, 4) is 5.75 Å². The maximum atomic E-state index is 13.9. The number of aryl methyl sites for hydroxylation is 1. The van der Waals surface area contributed by atoms with Gasteiger partial charge in [0.1, 0.15) is 18.2 Å². The normalized spacial score (nSPS) is 10.8. The average Bonchev–Trinajstić information content (AvgIpc) is 3.09. The highest BCUT2D eigenvalue weighted by molar-refractivity contribution is 9.10. The van der Waals surface area contributed by atoms with Gasteiger partial charge >= 0.3 is 0 Å². The first kappa shape index (κ1) is 22.2. The summed E-state index contributed by atoms with van der Waals surface area (Å²) in [5, 5.41) is 11.3. The Bertz CT molecular complexity index is 1040. The molecule has 1 N–H and O–H groups in total. The zero-order valence-electron chi connectivity index (χ0n) is 16.3. The number of carbonyl (C=O) groups excluding carboxylic acids is 1. The first-order valence-electron chi connectivity index (χ1n) is 9.06. The summed E-state index contributed by atoms with van der Waals surface area (Å²) in [5.41, 5.74) is 0.988. The minimum Gasteiger partial charge on any atom is -0.486 e. The van der Waals surface area contributed by atoms with E-state index in [4.69, 9.17) is 4.74 Å². The quantitative estimate of drug-likeness (QED) is 0.446. The summed E-state index contributed by atoms with van der Waals surface area (Å²) in [4.78, 5) is 12.2. The summed E-state index contributed by atoms with van der Waals surface area (Å²) in [6, 6.07) is 9.49. The molecule has 1 heterocycles. The van der Waals surface area contributed by atoms with Crippen molar-refractivity contribution >= 4 is 39.3 Å². The molecule has 0 spiro atoms. The van der Waals surface area contributed by atoms with Crippen LogP contribution in [0.3, 0.4) is 0 Å². The topological polar surface area (TPSA) is 69.0 Å². The molecule has 3 rings (SSSR count). The van der Waals surface area contributed by atoms with Gasteiger partial charge < -0.3 is 14.6 Å². The zero-order valence-corrected chi connectivity index (χ0v) is 18.7. The minimum absolute atomic E-state index is 0.0138. The molecule has 3 aromatic rings. The van der Waals surface area contributed by atoms with Crippen molar-refractivity contribution in [3.05, 3.63) is 63.9 Å². The predicted molar refractivity (Wildman–Crippen MR) is 115 cm³/mol. The van der Waals surface area contributed by atoms with Crippen LogP contribution >= 0.6 is 27.7 Å². The number of hydrogen-bond donors (Lipinski definition) is 1. The second-order valence-corrected chi connectivity index (χ2v) is 8.13. The van der Waals surface area contributed by atoms with Gasteiger partial charge in [-0.1, -0.05) is 23.9 Å². The van der Waals surface area contributed by atoms with Crippen molar-refractivity contribution in [2.45, 2.75) is 32.2 Å². The number of thioether (sulfide) groups is 1. The molecule has 30 heavy (non-hydrogen) atoms. The molecule has 1 amide bonds. The van der Waals surface area contributed by atoms with Gasteiger partial charge in [0, 0.05) is 17.1 Å². The van der Waals surface area contributed by atoms with Crippen LogP contribution in [-0.4, -0.2) is 26.4 Å². The smallest absolute Gasteiger partial charge is 0.234 e. The Labute approximate surface area is 185 Å². The Morgan fingerprint density at radius 3 is 2.77 bits per heavy atom. The fourth-order valence-corrected chi connectivity index (χ4v) is 4.00. The Hall–Kier alpha value is -2.46. The number of nitrogens with one attached hydrogen (secondary N) is 1. The molecule has 0 atom stereocenters. The lowest BCUT2D eigenvalue weighted by Gasteiger charge is -2.10. The molecule has 0 saturated carbocycles. The van der Waals surface area contributed by atoms with Crippen LogP contribution in [0.5, 0.6) is 5.75 Å². The van der Waals surface area contributed by atoms with E-state index < -0.39 is 17.5 Å². The number of aromatic nitrogens is 3. The predicted octanol–water partition coefficient (Wildman–Crippen LogP) is 4.96. The largest absolute Gasteiger partial charge is 0.486 e. The molecular weight excluding hydrogens is 478 g/mol. The Morgan fingerprint density at radius 1 is 1.27 bits per heavy atom. The van der Waals surface area contributed by atoms with E-state index in [9.17, 15) is 13.6 Å². The Morgan fingerprint density at radius 2 is 2.07 bits per heavy atom. The van der Waals surface area contributed by atoms with Crippen LogP contribution in [0.4, 0.5) is 14.5 Å². The van der Waals surface area contributed by atoms with Gasteiger partial charge in [-0.15, -0.1) is 10.2 Å². The maximum absolute atomic E-state index is 13.9. The maximum Gasteiger partial charge on any atom is 0.234 e. The summed E-state index contributed by atoms with van der Waals surface area (Å²) in [6.45, 7) is 4.76. The van der Waals surface area contributed by atoms with Crippen molar-refractivity contribution in [2.24, 2.45) is 0 Å². The fourth-order valence-electron chi connectivity index (χ4n) is 2.67. The number of carbonyl (C=O) groups is 1. The van der Waals surface area contributed by atoms with E-state index in [1.807, 2.05) is 42.7 Å². The van der Waals surface area contributed by atoms with E-state index in [-0.39, 0.29) is 22.5 Å². The first-order valence-corrected chi connectivity index (χ1v) is 10.8. The SMILES string of the molecule is CCn1c(COc2cccc(C)c2)nnc1SCC(=O)Nc1c(F)cc(F)cc1Br. The van der Waals surface area contributed by atoms with Crippen LogP contribution in [0.25, 0.3) is 0 Å². The molecule has 0 aliphatic carbocycles. The van der Waals surface area contributed by atoms with Crippen LogP contribution in [0.2, 0.25) is 0 Å². The number of benzene rings is 2. The average molecular weight is 497 g/mol. The summed E-state index contributed by atoms with van der Waals surface area (Å²) in [5.74, 6) is -0.680. The second kappa shape index (κ2) is 10.0. The third-order valence-corrected chi connectivity index (χ3v) is 5.66. The third kappa shape index (κ3) is 5.57. The molecule has 2 aromatic carbocycles. The van der Waals surface area contributed by atoms with Gasteiger partial charge in [0.15, 0.2) is 16.8 Å². The van der Waals surface area contributed by atoms with E-state index in [0.29, 0.717) is 23.6 Å². The van der Waals surface area contributed by atoms with Crippen molar-refractivity contribution in [3.63, 3.8) is 0 Å². The van der Waals surface area contributed by atoms with Crippen molar-refractivity contribution in [2.75, 3.05) is 11.1 Å². The highest BCUT2D eigenvalue weighted by atomic mass is 79.9. The van der Waals surface area contributed by atoms with Crippen LogP contribution in [0.1, 0.15) is 18.3 Å². The molecule has 6 nitrogen and oxygen atoms in total. The number of ether oxygens (including phenoxy) is 1. The van der Waals surface area contributed by atoms with Gasteiger partial charge in [0.25, 0.3) is 0 Å². The third-order valence-electron chi connectivity index (χ3n) is 4.07. The lowest BCUT2D eigenvalue weighted by molar-refractivity contribution is -0.113. The summed E-state index contributed by atoms with van der Waals surface area (Å²) >= 11 is 4.22. The van der Waals surface area contributed by atoms with Gasteiger partial charge in [-0.05, 0) is 53.5 Å². The summed E-state index contributed by atoms with van der Waals surface area (Å²) in [6.07, 6.45) is 0. The summed E-state index contributed by atoms with van der Waals surface area (Å²) < 4.78 is 34.8. The van der Waals surface area contributed by atoms with E-state index >= 15 is 0 Å². The van der Waals surface area contributed by atoms with Crippen LogP contribution in [0.15, 0.2) is 46.0 Å². The van der Waals surface area contributed by atoms with Gasteiger partial charge in [0.2, 0.25) is 5.91 Å². The number of anilines is 1. The number of rotatable bonds is 8. The van der Waals surface area contributed by atoms with Gasteiger partial charge in [-0.25, -0.2) is 8.78 Å². The molecule has 0 aliphatic heterocycles. The minimum atomic E-state index is -0.854. The number of halogens is 3. The van der Waals surface area contributed by atoms with E-state index in [1.54, 1.807) is 0 Å². The molecule has 0 aliphatic rings. The van der Waals surface area contributed by atoms with E-state index in [0.717, 1.165) is 17.4 Å². The molecular formula is C20H19BrF2N4O2S. The molecule has 0 saturated heterocycles. The molecule has 0 fully saturated rings. The molecule has 1 aromatic heterocycles. The first-order chi connectivity index (χ1) is 14.4. The monoisotopic (exact) mass is 496 g/mol.